The summed E-state index contributed by atoms with van der Waals surface area (Å²) in [5.41, 5.74) is 1.57. The molecule has 1 aromatic heterocycles. The van der Waals surface area contributed by atoms with E-state index >= 15 is 0 Å². The summed E-state index contributed by atoms with van der Waals surface area (Å²) in [6.45, 7) is 3.47. The van der Waals surface area contributed by atoms with Gasteiger partial charge in [-0.1, -0.05) is 23.7 Å². The third kappa shape index (κ3) is 5.54. The molecular formula is C21H24ClN3O5. The Hall–Kier alpha value is -2.52. The van der Waals surface area contributed by atoms with Crippen LogP contribution in [0.25, 0.3) is 0 Å². The van der Waals surface area contributed by atoms with Gasteiger partial charge in [0.05, 0.1) is 19.3 Å². The lowest BCUT2D eigenvalue weighted by Crippen LogP contribution is -2.53. The van der Waals surface area contributed by atoms with E-state index in [-0.39, 0.29) is 30.2 Å². The molecule has 1 aromatic carbocycles. The number of aliphatic hydroxyl groups excluding tert-OH is 1. The molecular weight excluding hydrogens is 410 g/mol. The number of aliphatic hydroxyl groups is 1. The molecule has 1 saturated heterocycles. The van der Waals surface area contributed by atoms with Gasteiger partial charge in [-0.3, -0.25) is 9.59 Å². The normalized spacial score (nSPS) is 17.6. The maximum Gasteiger partial charge on any atom is 0.255 e. The van der Waals surface area contributed by atoms with E-state index in [1.54, 1.807) is 35.2 Å². The fourth-order valence-corrected chi connectivity index (χ4v) is 3.39. The van der Waals surface area contributed by atoms with Crippen LogP contribution in [0.1, 0.15) is 28.9 Å². The molecule has 0 bridgehead atoms. The van der Waals surface area contributed by atoms with Gasteiger partial charge in [0.2, 0.25) is 5.91 Å². The molecule has 160 valence electrons. The lowest BCUT2D eigenvalue weighted by Gasteiger charge is -2.38. The average molecular weight is 434 g/mol. The predicted octanol–water partition coefficient (Wildman–Crippen LogP) is 2.28. The Morgan fingerprint density at radius 3 is 2.87 bits per heavy atom. The van der Waals surface area contributed by atoms with E-state index in [9.17, 15) is 14.7 Å². The van der Waals surface area contributed by atoms with E-state index in [1.807, 2.05) is 6.92 Å². The van der Waals surface area contributed by atoms with Crippen molar-refractivity contribution in [2.75, 3.05) is 38.3 Å². The van der Waals surface area contributed by atoms with Gasteiger partial charge in [-0.05, 0) is 36.8 Å². The van der Waals surface area contributed by atoms with Crippen molar-refractivity contribution in [3.63, 3.8) is 0 Å². The molecule has 2 N–H and O–H groups in total. The SMILES string of the molecule is CCOCCN1C(=O)COCC1C(O)c1ccc(NC(=O)c2ccnc(Cl)c2)cc1. The molecule has 0 radical (unpaired) electrons. The summed E-state index contributed by atoms with van der Waals surface area (Å²) in [6, 6.07) is 9.33. The largest absolute Gasteiger partial charge is 0.386 e. The molecule has 1 aliphatic rings. The molecule has 3 rings (SSSR count). The summed E-state index contributed by atoms with van der Waals surface area (Å²) in [5.74, 6) is -0.495. The van der Waals surface area contributed by atoms with Crippen LogP contribution >= 0.6 is 11.6 Å². The third-order valence-corrected chi connectivity index (χ3v) is 4.99. The number of nitrogens with zero attached hydrogens (tertiary/aromatic N) is 2. The first kappa shape index (κ1) is 22.2. The number of halogens is 1. The molecule has 2 amide bonds. The summed E-state index contributed by atoms with van der Waals surface area (Å²) in [4.78, 5) is 30.0. The van der Waals surface area contributed by atoms with Crippen LogP contribution in [0.15, 0.2) is 42.6 Å². The van der Waals surface area contributed by atoms with Crippen LogP contribution in [0.4, 0.5) is 5.69 Å². The molecule has 2 atom stereocenters. The van der Waals surface area contributed by atoms with E-state index in [4.69, 9.17) is 21.1 Å². The number of aromatic nitrogens is 1. The minimum absolute atomic E-state index is 0.000658. The number of hydrogen-bond acceptors (Lipinski definition) is 6. The van der Waals surface area contributed by atoms with E-state index in [0.29, 0.717) is 36.6 Å². The number of rotatable bonds is 8. The van der Waals surface area contributed by atoms with Gasteiger partial charge >= 0.3 is 0 Å². The maximum absolute atomic E-state index is 12.3. The zero-order chi connectivity index (χ0) is 21.5. The van der Waals surface area contributed by atoms with E-state index in [0.717, 1.165) is 0 Å². The summed E-state index contributed by atoms with van der Waals surface area (Å²) >= 11 is 5.82. The molecule has 8 nitrogen and oxygen atoms in total. The standard InChI is InChI=1S/C21H24ClN3O5/c1-2-29-10-9-25-17(12-30-13-19(25)26)20(27)14-3-5-16(6-4-14)24-21(28)15-7-8-23-18(22)11-15/h3-8,11,17,20,27H,2,9-10,12-13H2,1H3,(H,24,28). The first-order valence-electron chi connectivity index (χ1n) is 9.65. The van der Waals surface area contributed by atoms with Gasteiger partial charge in [0.15, 0.2) is 0 Å². The zero-order valence-electron chi connectivity index (χ0n) is 16.6. The fraction of sp³-hybridized carbons (Fsp3) is 0.381. The Morgan fingerprint density at radius 1 is 1.40 bits per heavy atom. The number of carbonyl (C=O) groups excluding carboxylic acids is 2. The zero-order valence-corrected chi connectivity index (χ0v) is 17.3. The van der Waals surface area contributed by atoms with E-state index in [2.05, 4.69) is 10.3 Å². The van der Waals surface area contributed by atoms with Crippen molar-refractivity contribution >= 4 is 29.1 Å². The second kappa shape index (κ2) is 10.5. The first-order chi connectivity index (χ1) is 14.5. The number of amides is 2. The van der Waals surface area contributed by atoms with Crippen molar-refractivity contribution in [2.45, 2.75) is 19.1 Å². The average Bonchev–Trinajstić information content (AvgIpc) is 2.75. The molecule has 0 spiro atoms. The molecule has 9 heteroatoms. The Kier molecular flexibility index (Phi) is 7.75. The minimum atomic E-state index is -0.931. The van der Waals surface area contributed by atoms with Gasteiger partial charge in [-0.25, -0.2) is 4.98 Å². The van der Waals surface area contributed by atoms with Crippen LogP contribution in [0.2, 0.25) is 5.15 Å². The number of carbonyl (C=O) groups is 2. The Labute approximate surface area is 179 Å². The molecule has 1 fully saturated rings. The minimum Gasteiger partial charge on any atom is -0.386 e. The number of benzene rings is 1. The molecule has 2 aromatic rings. The van der Waals surface area contributed by atoms with Crippen LogP contribution in [0, 0.1) is 0 Å². The van der Waals surface area contributed by atoms with Crippen molar-refractivity contribution in [2.24, 2.45) is 0 Å². The van der Waals surface area contributed by atoms with Crippen LogP contribution in [-0.2, 0) is 14.3 Å². The molecule has 2 heterocycles. The van der Waals surface area contributed by atoms with Gasteiger partial charge in [0.25, 0.3) is 5.91 Å². The second-order valence-electron chi connectivity index (χ2n) is 6.75. The maximum atomic E-state index is 12.3. The number of ether oxygens (including phenoxy) is 2. The van der Waals surface area contributed by atoms with Crippen LogP contribution in [0.3, 0.4) is 0 Å². The Morgan fingerprint density at radius 2 is 2.17 bits per heavy atom. The number of morpholine rings is 1. The Bertz CT molecular complexity index is 877. The summed E-state index contributed by atoms with van der Waals surface area (Å²) in [6.07, 6.45) is 0.529. The smallest absolute Gasteiger partial charge is 0.255 e. The summed E-state index contributed by atoms with van der Waals surface area (Å²) < 4.78 is 10.7. The summed E-state index contributed by atoms with van der Waals surface area (Å²) in [7, 11) is 0. The quantitative estimate of drug-likeness (QED) is 0.489. The van der Waals surface area contributed by atoms with Crippen molar-refractivity contribution in [3.05, 3.63) is 58.9 Å². The van der Waals surface area contributed by atoms with Crippen LogP contribution < -0.4 is 5.32 Å². The molecule has 30 heavy (non-hydrogen) atoms. The molecule has 1 aliphatic heterocycles. The van der Waals surface area contributed by atoms with Crippen molar-refractivity contribution in [1.82, 2.24) is 9.88 Å². The second-order valence-corrected chi connectivity index (χ2v) is 7.14. The topological polar surface area (TPSA) is 101 Å². The van der Waals surface area contributed by atoms with E-state index < -0.39 is 12.1 Å². The predicted molar refractivity (Wildman–Crippen MR) is 111 cm³/mol. The highest BCUT2D eigenvalue weighted by Gasteiger charge is 2.34. The lowest BCUT2D eigenvalue weighted by molar-refractivity contribution is -0.155. The Balaban J connectivity index is 1.66. The summed E-state index contributed by atoms with van der Waals surface area (Å²) in [5, 5.41) is 13.9. The van der Waals surface area contributed by atoms with Crippen LogP contribution in [-0.4, -0.2) is 65.8 Å². The van der Waals surface area contributed by atoms with Gasteiger partial charge in [-0.15, -0.1) is 0 Å². The van der Waals surface area contributed by atoms with Crippen molar-refractivity contribution in [1.29, 1.82) is 0 Å². The van der Waals surface area contributed by atoms with Crippen LogP contribution in [0.5, 0.6) is 0 Å². The fourth-order valence-electron chi connectivity index (χ4n) is 3.22. The molecule has 0 aliphatic carbocycles. The van der Waals surface area contributed by atoms with Gasteiger partial charge < -0.3 is 24.8 Å². The third-order valence-electron chi connectivity index (χ3n) is 4.78. The number of hydrogen-bond donors (Lipinski definition) is 2. The van der Waals surface area contributed by atoms with Gasteiger partial charge in [-0.2, -0.15) is 0 Å². The highest BCUT2D eigenvalue weighted by Crippen LogP contribution is 2.25. The highest BCUT2D eigenvalue weighted by molar-refractivity contribution is 6.29. The lowest BCUT2D eigenvalue weighted by atomic mass is 10.00. The highest BCUT2D eigenvalue weighted by atomic mass is 35.5. The van der Waals surface area contributed by atoms with Crippen molar-refractivity contribution < 1.29 is 24.2 Å². The first-order valence-corrected chi connectivity index (χ1v) is 10.0. The number of pyridine rings is 1. The van der Waals surface area contributed by atoms with Gasteiger partial charge in [0.1, 0.15) is 17.9 Å². The molecule has 0 saturated carbocycles. The van der Waals surface area contributed by atoms with Crippen molar-refractivity contribution in [3.8, 4) is 0 Å². The number of anilines is 1. The molecule has 2 unspecified atom stereocenters. The number of nitrogens with one attached hydrogen (secondary N) is 1. The van der Waals surface area contributed by atoms with Gasteiger partial charge in [0, 0.05) is 30.6 Å². The monoisotopic (exact) mass is 433 g/mol. The van der Waals surface area contributed by atoms with E-state index in [1.165, 1.54) is 12.3 Å².